The Morgan fingerprint density at radius 1 is 1.33 bits per heavy atom. The Balaban J connectivity index is 1.60. The number of ether oxygens (including phenoxy) is 1. The highest BCUT2D eigenvalue weighted by molar-refractivity contribution is 5.42. The molecule has 0 bridgehead atoms. The van der Waals surface area contributed by atoms with Crippen LogP contribution < -0.4 is 10.2 Å². The van der Waals surface area contributed by atoms with Gasteiger partial charge in [0, 0.05) is 40.3 Å². The SMILES string of the molecule is CN1CCC(OCCCNc2cncc(N(C)C)n2)CC1. The zero-order valence-electron chi connectivity index (χ0n) is 13.4. The largest absolute Gasteiger partial charge is 0.378 e. The van der Waals surface area contributed by atoms with Crippen LogP contribution in [0.25, 0.3) is 0 Å². The third-order valence-electron chi connectivity index (χ3n) is 3.73. The fraction of sp³-hybridized carbons (Fsp3) is 0.733. The van der Waals surface area contributed by atoms with E-state index in [9.17, 15) is 0 Å². The molecule has 6 heteroatoms. The molecule has 1 fully saturated rings. The number of anilines is 2. The molecule has 2 rings (SSSR count). The highest BCUT2D eigenvalue weighted by atomic mass is 16.5. The minimum Gasteiger partial charge on any atom is -0.378 e. The van der Waals surface area contributed by atoms with Crippen LogP contribution in [-0.2, 0) is 4.74 Å². The van der Waals surface area contributed by atoms with E-state index in [1.807, 2.05) is 19.0 Å². The highest BCUT2D eigenvalue weighted by Crippen LogP contribution is 2.12. The van der Waals surface area contributed by atoms with Gasteiger partial charge in [0.15, 0.2) is 0 Å². The van der Waals surface area contributed by atoms with Crippen LogP contribution in [0.1, 0.15) is 19.3 Å². The lowest BCUT2D eigenvalue weighted by Gasteiger charge is -2.28. The molecule has 6 nitrogen and oxygen atoms in total. The normalized spacial score (nSPS) is 16.9. The van der Waals surface area contributed by atoms with E-state index >= 15 is 0 Å². The number of hydrogen-bond donors (Lipinski definition) is 1. The van der Waals surface area contributed by atoms with Crippen molar-refractivity contribution in [3.05, 3.63) is 12.4 Å². The Morgan fingerprint density at radius 2 is 2.10 bits per heavy atom. The average molecular weight is 293 g/mol. The van der Waals surface area contributed by atoms with E-state index in [1.54, 1.807) is 12.4 Å². The quantitative estimate of drug-likeness (QED) is 0.768. The molecule has 0 radical (unpaired) electrons. The lowest BCUT2D eigenvalue weighted by atomic mass is 10.1. The second-order valence-corrected chi connectivity index (χ2v) is 5.81. The molecule has 118 valence electrons. The minimum atomic E-state index is 0.443. The molecule has 2 heterocycles. The molecule has 0 amide bonds. The summed E-state index contributed by atoms with van der Waals surface area (Å²) in [5.41, 5.74) is 0. The zero-order valence-corrected chi connectivity index (χ0v) is 13.4. The summed E-state index contributed by atoms with van der Waals surface area (Å²) in [7, 11) is 6.09. The maximum atomic E-state index is 5.92. The van der Waals surface area contributed by atoms with E-state index in [-0.39, 0.29) is 0 Å². The molecular weight excluding hydrogens is 266 g/mol. The summed E-state index contributed by atoms with van der Waals surface area (Å²) in [6, 6.07) is 0. The second-order valence-electron chi connectivity index (χ2n) is 5.81. The van der Waals surface area contributed by atoms with Crippen molar-refractivity contribution < 1.29 is 4.74 Å². The molecule has 1 aromatic rings. The van der Waals surface area contributed by atoms with Crippen molar-refractivity contribution >= 4 is 11.6 Å². The number of aromatic nitrogens is 2. The molecule has 0 saturated carbocycles. The van der Waals surface area contributed by atoms with Crippen LogP contribution in [0, 0.1) is 0 Å². The smallest absolute Gasteiger partial charge is 0.149 e. The summed E-state index contributed by atoms with van der Waals surface area (Å²) < 4.78 is 5.92. The van der Waals surface area contributed by atoms with Crippen LogP contribution in [0.4, 0.5) is 11.6 Å². The second kappa shape index (κ2) is 8.14. The topological polar surface area (TPSA) is 53.5 Å². The first kappa shape index (κ1) is 16.0. The number of rotatable bonds is 7. The molecular formula is C15H27N5O. The van der Waals surface area contributed by atoms with Crippen molar-refractivity contribution in [1.29, 1.82) is 0 Å². The Kier molecular flexibility index (Phi) is 6.20. The first-order valence-corrected chi connectivity index (χ1v) is 7.68. The first-order valence-electron chi connectivity index (χ1n) is 7.68. The Bertz CT molecular complexity index is 418. The lowest BCUT2D eigenvalue weighted by Crippen LogP contribution is -2.34. The van der Waals surface area contributed by atoms with E-state index in [0.717, 1.165) is 57.1 Å². The first-order chi connectivity index (χ1) is 10.1. The van der Waals surface area contributed by atoms with E-state index in [1.165, 1.54) is 0 Å². The van der Waals surface area contributed by atoms with Gasteiger partial charge in [-0.3, -0.25) is 4.98 Å². The molecule has 1 N–H and O–H groups in total. The number of nitrogens with one attached hydrogen (secondary N) is 1. The summed E-state index contributed by atoms with van der Waals surface area (Å²) in [6.45, 7) is 3.96. The van der Waals surface area contributed by atoms with Gasteiger partial charge in [0.05, 0.1) is 18.5 Å². The third kappa shape index (κ3) is 5.47. The summed E-state index contributed by atoms with van der Waals surface area (Å²) in [5.74, 6) is 1.68. The fourth-order valence-electron chi connectivity index (χ4n) is 2.35. The van der Waals surface area contributed by atoms with E-state index in [2.05, 4.69) is 27.2 Å². The zero-order chi connectivity index (χ0) is 15.1. The van der Waals surface area contributed by atoms with Crippen molar-refractivity contribution in [2.24, 2.45) is 0 Å². The molecule has 1 saturated heterocycles. The van der Waals surface area contributed by atoms with Crippen LogP contribution in [0.3, 0.4) is 0 Å². The molecule has 0 aliphatic carbocycles. The van der Waals surface area contributed by atoms with Crippen LogP contribution in [-0.4, -0.2) is 68.4 Å². The minimum absolute atomic E-state index is 0.443. The Hall–Kier alpha value is -1.40. The molecule has 0 spiro atoms. The van der Waals surface area contributed by atoms with Gasteiger partial charge in [-0.1, -0.05) is 0 Å². The number of likely N-dealkylation sites (tertiary alicyclic amines) is 1. The van der Waals surface area contributed by atoms with E-state index in [0.29, 0.717) is 6.10 Å². The standard InChI is InChI=1S/C15H27N5O/c1-19(2)15-12-16-11-14(18-15)17-7-4-10-21-13-5-8-20(3)9-6-13/h11-13H,4-10H2,1-3H3,(H,17,18). The summed E-state index contributed by atoms with van der Waals surface area (Å²) in [6.07, 6.45) is 7.25. The number of nitrogens with zero attached hydrogens (tertiary/aromatic N) is 4. The molecule has 1 aliphatic heterocycles. The molecule has 0 aromatic carbocycles. The number of hydrogen-bond acceptors (Lipinski definition) is 6. The van der Waals surface area contributed by atoms with Crippen molar-refractivity contribution in [3.63, 3.8) is 0 Å². The summed E-state index contributed by atoms with van der Waals surface area (Å²) in [4.78, 5) is 13.0. The summed E-state index contributed by atoms with van der Waals surface area (Å²) in [5, 5.41) is 3.30. The lowest BCUT2D eigenvalue weighted by molar-refractivity contribution is 0.0125. The van der Waals surface area contributed by atoms with Crippen LogP contribution in [0.5, 0.6) is 0 Å². The van der Waals surface area contributed by atoms with Gasteiger partial charge in [-0.05, 0) is 26.3 Å². The van der Waals surface area contributed by atoms with Gasteiger partial charge in [-0.15, -0.1) is 0 Å². The van der Waals surface area contributed by atoms with Gasteiger partial charge in [0.2, 0.25) is 0 Å². The molecule has 0 atom stereocenters. The van der Waals surface area contributed by atoms with Gasteiger partial charge >= 0.3 is 0 Å². The van der Waals surface area contributed by atoms with Crippen LogP contribution >= 0.6 is 0 Å². The van der Waals surface area contributed by atoms with Crippen molar-refractivity contribution in [2.45, 2.75) is 25.4 Å². The molecule has 1 aromatic heterocycles. The van der Waals surface area contributed by atoms with Gasteiger partial charge in [0.1, 0.15) is 11.6 Å². The van der Waals surface area contributed by atoms with Crippen LogP contribution in [0.15, 0.2) is 12.4 Å². The van der Waals surface area contributed by atoms with Gasteiger partial charge in [-0.2, -0.15) is 0 Å². The third-order valence-corrected chi connectivity index (χ3v) is 3.73. The van der Waals surface area contributed by atoms with E-state index < -0.39 is 0 Å². The van der Waals surface area contributed by atoms with Crippen molar-refractivity contribution in [2.75, 3.05) is 57.6 Å². The highest BCUT2D eigenvalue weighted by Gasteiger charge is 2.16. The van der Waals surface area contributed by atoms with Crippen molar-refractivity contribution in [3.8, 4) is 0 Å². The Morgan fingerprint density at radius 3 is 2.81 bits per heavy atom. The van der Waals surface area contributed by atoms with E-state index in [4.69, 9.17) is 4.74 Å². The average Bonchev–Trinajstić information content (AvgIpc) is 2.49. The fourth-order valence-corrected chi connectivity index (χ4v) is 2.35. The van der Waals surface area contributed by atoms with Gasteiger partial charge in [0.25, 0.3) is 0 Å². The summed E-state index contributed by atoms with van der Waals surface area (Å²) >= 11 is 0. The molecule has 0 unspecified atom stereocenters. The monoisotopic (exact) mass is 293 g/mol. The molecule has 1 aliphatic rings. The predicted molar refractivity (Wildman–Crippen MR) is 85.9 cm³/mol. The Labute approximate surface area is 127 Å². The number of piperidine rings is 1. The van der Waals surface area contributed by atoms with Gasteiger partial charge in [-0.25, -0.2) is 4.98 Å². The van der Waals surface area contributed by atoms with Gasteiger partial charge < -0.3 is 19.9 Å². The van der Waals surface area contributed by atoms with Crippen LogP contribution in [0.2, 0.25) is 0 Å². The van der Waals surface area contributed by atoms with Crippen molar-refractivity contribution in [1.82, 2.24) is 14.9 Å². The maximum absolute atomic E-state index is 5.92. The predicted octanol–water partition coefficient (Wildman–Crippen LogP) is 1.46. The maximum Gasteiger partial charge on any atom is 0.149 e. The molecule has 21 heavy (non-hydrogen) atoms.